The lowest BCUT2D eigenvalue weighted by Crippen LogP contribution is -2.56. The first-order chi connectivity index (χ1) is 22.1. The van der Waals surface area contributed by atoms with Gasteiger partial charge < -0.3 is 26.2 Å². The van der Waals surface area contributed by atoms with Crippen molar-refractivity contribution in [3.8, 4) is 0 Å². The highest BCUT2D eigenvalue weighted by Gasteiger charge is 2.85. The summed E-state index contributed by atoms with van der Waals surface area (Å²) in [5, 5.41) is 11.0. The lowest BCUT2D eigenvalue weighted by atomic mass is 9.73. The summed E-state index contributed by atoms with van der Waals surface area (Å²) in [5.74, 6) is -2.27. The normalized spacial score (nSPS) is 25.4. The predicted molar refractivity (Wildman–Crippen MR) is 181 cm³/mol. The number of nitrogens with zero attached hydrogens (tertiary/aromatic N) is 3. The van der Waals surface area contributed by atoms with Crippen LogP contribution in [0.2, 0.25) is 0 Å². The van der Waals surface area contributed by atoms with Crippen LogP contribution >= 0.6 is 0 Å². The van der Waals surface area contributed by atoms with Crippen LogP contribution < -0.4 is 21.3 Å². The second-order valence-corrected chi connectivity index (χ2v) is 18.4. The van der Waals surface area contributed by atoms with E-state index in [4.69, 9.17) is 0 Å². The van der Waals surface area contributed by atoms with E-state index in [0.29, 0.717) is 25.8 Å². The number of likely N-dealkylation sites (tertiary alicyclic amines) is 1. The van der Waals surface area contributed by atoms with Gasteiger partial charge in [-0.15, -0.1) is 0 Å². The van der Waals surface area contributed by atoms with Gasteiger partial charge in [-0.3, -0.25) is 19.2 Å². The minimum atomic E-state index is -3.71. The third-order valence-electron chi connectivity index (χ3n) is 11.8. The summed E-state index contributed by atoms with van der Waals surface area (Å²) in [6, 6.07) is -3.06. The Bertz CT molecular complexity index is 1400. The number of urea groups is 1. The van der Waals surface area contributed by atoms with Crippen molar-refractivity contribution in [3.63, 3.8) is 0 Å². The number of carbonyl (C=O) groups is 5. The number of amides is 5. The highest BCUT2D eigenvalue weighted by molar-refractivity contribution is 7.86. The zero-order chi connectivity index (χ0) is 36.0. The van der Waals surface area contributed by atoms with E-state index in [-0.39, 0.29) is 35.4 Å². The first-order valence-corrected chi connectivity index (χ1v) is 18.7. The van der Waals surface area contributed by atoms with E-state index in [1.807, 2.05) is 27.7 Å². The maximum atomic E-state index is 13.9. The SMILES string of the molecule is CCCC(NC(=O)[C@@H]1C[C@@]2(CN1C(=O)CNC(=O)N[C@H](CN(C)S(=O)(=O)N(C)C)C(C)(C)C)C(C)(C)C21CCC1)C(=O)C(=O)NC1CC1. The Morgan fingerprint density at radius 2 is 1.60 bits per heavy atom. The van der Waals surface area contributed by atoms with E-state index < -0.39 is 63.3 Å². The molecule has 4 N–H and O–H groups in total. The fourth-order valence-electron chi connectivity index (χ4n) is 8.19. The van der Waals surface area contributed by atoms with Gasteiger partial charge in [-0.05, 0) is 54.8 Å². The van der Waals surface area contributed by atoms with Crippen LogP contribution in [-0.2, 0) is 29.4 Å². The Kier molecular flexibility index (Phi) is 10.7. The van der Waals surface area contributed by atoms with E-state index in [1.54, 1.807) is 4.90 Å². The molecule has 1 unspecified atom stereocenters. The molecule has 4 atom stereocenters. The van der Waals surface area contributed by atoms with Crippen molar-refractivity contribution in [3.05, 3.63) is 0 Å². The first kappa shape index (κ1) is 38.0. The maximum Gasteiger partial charge on any atom is 0.315 e. The number of carbonyl (C=O) groups excluding carboxylic acids is 5. The van der Waals surface area contributed by atoms with Gasteiger partial charge in [-0.2, -0.15) is 17.0 Å². The van der Waals surface area contributed by atoms with Crippen LogP contribution in [0.25, 0.3) is 0 Å². The third kappa shape index (κ3) is 6.96. The molecule has 1 saturated heterocycles. The van der Waals surface area contributed by atoms with Crippen molar-refractivity contribution in [2.45, 2.75) is 117 Å². The molecule has 14 nitrogen and oxygen atoms in total. The van der Waals surface area contributed by atoms with Gasteiger partial charge in [0, 0.05) is 51.7 Å². The number of fused-ring (bicyclic) bond motifs is 1. The molecular formula is C33H57N7O7S. The van der Waals surface area contributed by atoms with Crippen LogP contribution in [0, 0.1) is 21.7 Å². The van der Waals surface area contributed by atoms with Gasteiger partial charge in [0.1, 0.15) is 6.04 Å². The lowest BCUT2D eigenvalue weighted by Gasteiger charge is -2.35. The number of Topliss-reactive ketones (excluding diaryl/α,β-unsaturated/α-hetero) is 1. The molecule has 0 bridgehead atoms. The summed E-state index contributed by atoms with van der Waals surface area (Å²) in [6.45, 7) is 11.9. The smallest absolute Gasteiger partial charge is 0.315 e. The molecule has 4 rings (SSSR count). The molecule has 3 aliphatic carbocycles. The topological polar surface area (TPSA) is 177 Å². The number of nitrogens with one attached hydrogen (secondary N) is 4. The molecule has 0 aromatic rings. The summed E-state index contributed by atoms with van der Waals surface area (Å²) < 4.78 is 27.5. The molecular weight excluding hydrogens is 638 g/mol. The Balaban J connectivity index is 1.46. The molecule has 1 heterocycles. The number of hydrogen-bond acceptors (Lipinski definition) is 7. The lowest BCUT2D eigenvalue weighted by molar-refractivity contribution is -0.142. The van der Waals surface area contributed by atoms with Crippen molar-refractivity contribution in [1.82, 2.24) is 34.8 Å². The zero-order valence-corrected chi connectivity index (χ0v) is 31.0. The largest absolute Gasteiger partial charge is 0.347 e. The van der Waals surface area contributed by atoms with Crippen LogP contribution in [0.5, 0.6) is 0 Å². The van der Waals surface area contributed by atoms with Crippen molar-refractivity contribution in [2.24, 2.45) is 21.7 Å². The van der Waals surface area contributed by atoms with E-state index in [9.17, 15) is 32.4 Å². The highest BCUT2D eigenvalue weighted by atomic mass is 32.2. The summed E-state index contributed by atoms with van der Waals surface area (Å²) in [7, 11) is 0.596. The van der Waals surface area contributed by atoms with Crippen LogP contribution in [-0.4, -0.2) is 116 Å². The second kappa shape index (κ2) is 13.5. The summed E-state index contributed by atoms with van der Waals surface area (Å²) in [6.07, 6.45) is 6.15. The van der Waals surface area contributed by atoms with Crippen LogP contribution in [0.4, 0.5) is 4.79 Å². The molecule has 0 aromatic carbocycles. The fraction of sp³-hybridized carbons (Fsp3) is 0.848. The summed E-state index contributed by atoms with van der Waals surface area (Å²) in [4.78, 5) is 68.1. The van der Waals surface area contributed by atoms with E-state index in [1.165, 1.54) is 25.4 Å². The molecule has 0 aromatic heterocycles. The summed E-state index contributed by atoms with van der Waals surface area (Å²) >= 11 is 0. The number of ketones is 1. The van der Waals surface area contributed by atoms with E-state index in [0.717, 1.165) is 36.4 Å². The molecule has 4 aliphatic rings. The molecule has 0 radical (unpaired) electrons. The van der Waals surface area contributed by atoms with Crippen molar-refractivity contribution in [1.29, 1.82) is 0 Å². The molecule has 5 amide bonds. The van der Waals surface area contributed by atoms with Crippen LogP contribution in [0.3, 0.4) is 0 Å². The number of likely N-dealkylation sites (N-methyl/N-ethyl adjacent to an activating group) is 1. The van der Waals surface area contributed by atoms with Crippen molar-refractivity contribution >= 4 is 39.7 Å². The monoisotopic (exact) mass is 695 g/mol. The number of rotatable bonds is 14. The van der Waals surface area contributed by atoms with E-state index in [2.05, 4.69) is 35.1 Å². The average molecular weight is 696 g/mol. The van der Waals surface area contributed by atoms with Gasteiger partial charge in [0.05, 0.1) is 12.6 Å². The molecule has 2 spiro atoms. The minimum absolute atomic E-state index is 0.00775. The molecule has 15 heteroatoms. The molecule has 272 valence electrons. The highest BCUT2D eigenvalue weighted by Crippen LogP contribution is 2.88. The van der Waals surface area contributed by atoms with E-state index >= 15 is 0 Å². The average Bonchev–Trinajstić information content (AvgIpc) is 3.79. The van der Waals surface area contributed by atoms with Gasteiger partial charge in [0.25, 0.3) is 16.1 Å². The Hall–Kier alpha value is -2.78. The van der Waals surface area contributed by atoms with Crippen molar-refractivity contribution < 1.29 is 32.4 Å². The van der Waals surface area contributed by atoms with Crippen LogP contribution in [0.1, 0.15) is 92.9 Å². The molecule has 48 heavy (non-hydrogen) atoms. The Labute approximate surface area is 286 Å². The van der Waals surface area contributed by atoms with Gasteiger partial charge in [0.2, 0.25) is 17.6 Å². The van der Waals surface area contributed by atoms with Gasteiger partial charge >= 0.3 is 6.03 Å². The van der Waals surface area contributed by atoms with Gasteiger partial charge in [0.15, 0.2) is 0 Å². The zero-order valence-electron chi connectivity index (χ0n) is 30.2. The fourth-order valence-corrected chi connectivity index (χ4v) is 9.09. The Morgan fingerprint density at radius 3 is 2.08 bits per heavy atom. The van der Waals surface area contributed by atoms with Gasteiger partial charge in [-0.25, -0.2) is 4.79 Å². The number of hydrogen-bond donors (Lipinski definition) is 4. The second-order valence-electron chi connectivity index (χ2n) is 16.2. The molecule has 1 aliphatic heterocycles. The molecule has 4 fully saturated rings. The minimum Gasteiger partial charge on any atom is -0.347 e. The molecule has 3 saturated carbocycles. The van der Waals surface area contributed by atoms with Crippen molar-refractivity contribution in [2.75, 3.05) is 40.8 Å². The predicted octanol–water partition coefficient (Wildman–Crippen LogP) is 1.37. The standard InChI is InChI=1S/C33H57N7O7S/c1-10-12-22(26(42)28(44)35-21-13-14-21)36-27(43)23-17-33(31(5,6)32(33)15-11-16-32)20-40(23)25(41)18-34-29(45)37-24(30(2,3)4)19-39(9)48(46,47)38(7)8/h21-24H,10-20H2,1-9H3,(H,35,44)(H,36,43)(H2,34,37,45)/t22?,23-,24+,33+/m0/s1. The maximum absolute atomic E-state index is 13.9. The third-order valence-corrected chi connectivity index (χ3v) is 13.7. The Morgan fingerprint density at radius 1 is 0.979 bits per heavy atom. The van der Waals surface area contributed by atoms with Crippen LogP contribution in [0.15, 0.2) is 0 Å². The first-order valence-electron chi connectivity index (χ1n) is 17.3. The summed E-state index contributed by atoms with van der Waals surface area (Å²) in [5.41, 5.74) is -0.817. The van der Waals surface area contributed by atoms with Gasteiger partial charge in [-0.1, -0.05) is 54.4 Å². The quantitative estimate of drug-likeness (QED) is 0.198.